The fourth-order valence-electron chi connectivity index (χ4n) is 1.26. The number of carboxylic acid groups (broad SMARTS) is 1. The summed E-state index contributed by atoms with van der Waals surface area (Å²) in [5.41, 5.74) is 5.37. The SMILES string of the molecule is N[C@H](CC1C=CC(O)=CC1)C(=O)O. The summed E-state index contributed by atoms with van der Waals surface area (Å²) in [4.78, 5) is 10.4. The third kappa shape index (κ3) is 2.91. The van der Waals surface area contributed by atoms with Gasteiger partial charge in [-0.25, -0.2) is 0 Å². The van der Waals surface area contributed by atoms with Crippen LogP contribution in [0.15, 0.2) is 24.0 Å². The first kappa shape index (κ1) is 9.80. The molecule has 0 saturated heterocycles. The van der Waals surface area contributed by atoms with Gasteiger partial charge in [-0.1, -0.05) is 6.08 Å². The van der Waals surface area contributed by atoms with Crippen LogP contribution in [0, 0.1) is 5.92 Å². The number of carbonyl (C=O) groups is 1. The van der Waals surface area contributed by atoms with Gasteiger partial charge in [0.2, 0.25) is 0 Å². The molecule has 1 aliphatic carbocycles. The monoisotopic (exact) mass is 183 g/mol. The molecule has 0 heterocycles. The van der Waals surface area contributed by atoms with Gasteiger partial charge in [0.15, 0.2) is 0 Å². The van der Waals surface area contributed by atoms with E-state index in [0.717, 1.165) is 0 Å². The van der Waals surface area contributed by atoms with Crippen molar-refractivity contribution >= 4 is 5.97 Å². The average molecular weight is 183 g/mol. The second-order valence-electron chi connectivity index (χ2n) is 3.16. The Kier molecular flexibility index (Phi) is 3.08. The Morgan fingerprint density at radius 3 is 2.92 bits per heavy atom. The highest BCUT2D eigenvalue weighted by Crippen LogP contribution is 2.19. The standard InChI is InChI=1S/C9H13NO3/c10-8(9(12)13)5-6-1-3-7(11)4-2-6/h1,3-4,6,8,11H,2,5,10H2,(H,12,13)/t6?,8-/m1/s1. The summed E-state index contributed by atoms with van der Waals surface area (Å²) in [7, 11) is 0. The molecule has 1 rings (SSSR count). The Bertz CT molecular complexity index is 258. The van der Waals surface area contributed by atoms with E-state index in [9.17, 15) is 4.79 Å². The second kappa shape index (κ2) is 4.09. The van der Waals surface area contributed by atoms with Gasteiger partial charge in [0, 0.05) is 0 Å². The molecule has 4 heteroatoms. The maximum Gasteiger partial charge on any atom is 0.320 e. The highest BCUT2D eigenvalue weighted by Gasteiger charge is 2.17. The molecule has 72 valence electrons. The lowest BCUT2D eigenvalue weighted by Crippen LogP contribution is -2.32. The molecule has 13 heavy (non-hydrogen) atoms. The fraction of sp³-hybridized carbons (Fsp3) is 0.444. The number of carboxylic acids is 1. The van der Waals surface area contributed by atoms with Crippen LogP contribution >= 0.6 is 0 Å². The Morgan fingerprint density at radius 2 is 2.46 bits per heavy atom. The maximum atomic E-state index is 10.4. The summed E-state index contributed by atoms with van der Waals surface area (Å²) in [5.74, 6) is -0.616. The first-order valence-electron chi connectivity index (χ1n) is 4.15. The molecule has 0 fully saturated rings. The largest absolute Gasteiger partial charge is 0.508 e. The van der Waals surface area contributed by atoms with E-state index in [0.29, 0.717) is 12.8 Å². The number of rotatable bonds is 3. The highest BCUT2D eigenvalue weighted by atomic mass is 16.4. The third-order valence-corrected chi connectivity index (χ3v) is 2.04. The predicted molar refractivity (Wildman–Crippen MR) is 48.2 cm³/mol. The summed E-state index contributed by atoms with van der Waals surface area (Å²) < 4.78 is 0. The van der Waals surface area contributed by atoms with Crippen molar-refractivity contribution in [3.8, 4) is 0 Å². The molecule has 0 bridgehead atoms. The van der Waals surface area contributed by atoms with Crippen LogP contribution in [0.25, 0.3) is 0 Å². The quantitative estimate of drug-likeness (QED) is 0.604. The minimum atomic E-state index is -0.979. The van der Waals surface area contributed by atoms with E-state index < -0.39 is 12.0 Å². The van der Waals surface area contributed by atoms with Crippen molar-refractivity contribution in [1.82, 2.24) is 0 Å². The van der Waals surface area contributed by atoms with Crippen LogP contribution in [-0.2, 0) is 4.79 Å². The normalized spacial score (nSPS) is 23.8. The van der Waals surface area contributed by atoms with Crippen molar-refractivity contribution in [3.63, 3.8) is 0 Å². The molecule has 0 aromatic heterocycles. The van der Waals surface area contributed by atoms with Crippen LogP contribution < -0.4 is 5.73 Å². The lowest BCUT2D eigenvalue weighted by atomic mass is 9.93. The Labute approximate surface area is 76.4 Å². The molecule has 0 amide bonds. The number of aliphatic carboxylic acids is 1. The number of nitrogens with two attached hydrogens (primary N) is 1. The summed E-state index contributed by atoms with van der Waals surface area (Å²) >= 11 is 0. The van der Waals surface area contributed by atoms with Crippen LogP contribution in [-0.4, -0.2) is 22.2 Å². The van der Waals surface area contributed by atoms with Gasteiger partial charge >= 0.3 is 5.97 Å². The Balaban J connectivity index is 2.41. The molecule has 2 atom stereocenters. The van der Waals surface area contributed by atoms with Gasteiger partial charge in [-0.15, -0.1) is 0 Å². The molecule has 4 nitrogen and oxygen atoms in total. The van der Waals surface area contributed by atoms with Gasteiger partial charge in [0.25, 0.3) is 0 Å². The minimum absolute atomic E-state index is 0.127. The lowest BCUT2D eigenvalue weighted by molar-refractivity contribution is -0.138. The summed E-state index contributed by atoms with van der Waals surface area (Å²) in [5, 5.41) is 17.5. The van der Waals surface area contributed by atoms with Crippen molar-refractivity contribution < 1.29 is 15.0 Å². The van der Waals surface area contributed by atoms with E-state index in [4.69, 9.17) is 15.9 Å². The first-order valence-corrected chi connectivity index (χ1v) is 4.15. The molecular formula is C9H13NO3. The number of allylic oxidation sites excluding steroid dienone is 3. The molecule has 0 radical (unpaired) electrons. The maximum absolute atomic E-state index is 10.4. The molecule has 1 unspecified atom stereocenters. The summed E-state index contributed by atoms with van der Waals surface area (Å²) in [6, 6.07) is -0.816. The molecule has 0 aromatic carbocycles. The number of hydrogen-bond acceptors (Lipinski definition) is 3. The zero-order chi connectivity index (χ0) is 9.84. The first-order chi connectivity index (χ1) is 6.09. The van der Waals surface area contributed by atoms with Crippen molar-refractivity contribution in [2.45, 2.75) is 18.9 Å². The van der Waals surface area contributed by atoms with E-state index in [1.807, 2.05) is 0 Å². The molecule has 4 N–H and O–H groups in total. The topological polar surface area (TPSA) is 83.5 Å². The number of aliphatic hydroxyl groups is 1. The van der Waals surface area contributed by atoms with Crippen molar-refractivity contribution in [2.75, 3.05) is 0 Å². The van der Waals surface area contributed by atoms with Gasteiger partial charge in [0.05, 0.1) is 0 Å². The third-order valence-electron chi connectivity index (χ3n) is 2.04. The number of hydrogen-bond donors (Lipinski definition) is 3. The van der Waals surface area contributed by atoms with Gasteiger partial charge in [-0.05, 0) is 30.9 Å². The van der Waals surface area contributed by atoms with Gasteiger partial charge in [-0.2, -0.15) is 0 Å². The van der Waals surface area contributed by atoms with Gasteiger partial charge < -0.3 is 15.9 Å². The number of aliphatic hydroxyl groups excluding tert-OH is 1. The fourth-order valence-corrected chi connectivity index (χ4v) is 1.26. The van der Waals surface area contributed by atoms with Crippen molar-refractivity contribution in [1.29, 1.82) is 0 Å². The van der Waals surface area contributed by atoms with Crippen LogP contribution in [0.2, 0.25) is 0 Å². The predicted octanol–water partition coefficient (Wildman–Crippen LogP) is 0.806. The van der Waals surface area contributed by atoms with E-state index in [1.165, 1.54) is 0 Å². The van der Waals surface area contributed by atoms with Crippen LogP contribution in [0.3, 0.4) is 0 Å². The molecule has 1 aliphatic rings. The summed E-state index contributed by atoms with van der Waals surface area (Å²) in [6.45, 7) is 0. The zero-order valence-corrected chi connectivity index (χ0v) is 7.18. The molecule has 0 spiro atoms. The Hall–Kier alpha value is -1.29. The van der Waals surface area contributed by atoms with Gasteiger partial charge in [-0.3, -0.25) is 4.79 Å². The molecule has 0 aliphatic heterocycles. The molecule has 0 saturated carbocycles. The zero-order valence-electron chi connectivity index (χ0n) is 7.18. The van der Waals surface area contributed by atoms with Crippen LogP contribution in [0.5, 0.6) is 0 Å². The smallest absolute Gasteiger partial charge is 0.320 e. The van der Waals surface area contributed by atoms with E-state index >= 15 is 0 Å². The highest BCUT2D eigenvalue weighted by molar-refractivity contribution is 5.73. The van der Waals surface area contributed by atoms with E-state index in [2.05, 4.69) is 0 Å². The molecule has 0 aromatic rings. The van der Waals surface area contributed by atoms with E-state index in [-0.39, 0.29) is 11.7 Å². The van der Waals surface area contributed by atoms with Gasteiger partial charge in [0.1, 0.15) is 11.8 Å². The molecular weight excluding hydrogens is 170 g/mol. The van der Waals surface area contributed by atoms with Crippen LogP contribution in [0.1, 0.15) is 12.8 Å². The minimum Gasteiger partial charge on any atom is -0.508 e. The lowest BCUT2D eigenvalue weighted by Gasteiger charge is -2.15. The van der Waals surface area contributed by atoms with Crippen molar-refractivity contribution in [3.05, 3.63) is 24.0 Å². The van der Waals surface area contributed by atoms with E-state index in [1.54, 1.807) is 18.2 Å². The average Bonchev–Trinajstić information content (AvgIpc) is 2.08. The van der Waals surface area contributed by atoms with Crippen LogP contribution in [0.4, 0.5) is 0 Å². The second-order valence-corrected chi connectivity index (χ2v) is 3.16. The van der Waals surface area contributed by atoms with Crippen molar-refractivity contribution in [2.24, 2.45) is 11.7 Å². The summed E-state index contributed by atoms with van der Waals surface area (Å²) in [6.07, 6.45) is 6.10. The Morgan fingerprint density at radius 1 is 1.77 bits per heavy atom.